The molecular formula is C19H14N4O7. The standard InChI is InChI=1S/C19H14N4O7/c24-13-4-1-11(2-5-13)19(15-7-6-14(25)10-18(15)26)21-20-16-8-3-12(22(27)28)9-17(16)23(29)30/h1-10,20,24-26H. The van der Waals surface area contributed by atoms with E-state index < -0.39 is 21.2 Å². The molecule has 0 heterocycles. The predicted octanol–water partition coefficient (Wildman–Crippen LogP) is 3.48. The summed E-state index contributed by atoms with van der Waals surface area (Å²) in [5.41, 5.74) is 2.14. The summed E-state index contributed by atoms with van der Waals surface area (Å²) in [6.07, 6.45) is 0. The van der Waals surface area contributed by atoms with Gasteiger partial charge < -0.3 is 15.3 Å². The molecule has 0 bridgehead atoms. The molecule has 152 valence electrons. The second-order valence-electron chi connectivity index (χ2n) is 6.04. The first-order chi connectivity index (χ1) is 14.3. The zero-order valence-corrected chi connectivity index (χ0v) is 15.1. The van der Waals surface area contributed by atoms with E-state index in [1.54, 1.807) is 0 Å². The van der Waals surface area contributed by atoms with Gasteiger partial charge in [0.15, 0.2) is 0 Å². The quantitative estimate of drug-likeness (QED) is 0.272. The molecule has 0 aliphatic carbocycles. The summed E-state index contributed by atoms with van der Waals surface area (Å²) >= 11 is 0. The number of phenols is 3. The molecule has 4 N–H and O–H groups in total. The zero-order chi connectivity index (χ0) is 21.8. The van der Waals surface area contributed by atoms with Crippen LogP contribution in [0.2, 0.25) is 0 Å². The van der Waals surface area contributed by atoms with Crippen LogP contribution >= 0.6 is 0 Å². The Labute approximate surface area is 168 Å². The van der Waals surface area contributed by atoms with E-state index in [4.69, 9.17) is 0 Å². The van der Waals surface area contributed by atoms with Gasteiger partial charge in [0.25, 0.3) is 5.69 Å². The van der Waals surface area contributed by atoms with Gasteiger partial charge >= 0.3 is 5.69 Å². The Morgan fingerprint density at radius 1 is 0.833 bits per heavy atom. The highest BCUT2D eigenvalue weighted by molar-refractivity contribution is 6.14. The van der Waals surface area contributed by atoms with Crippen LogP contribution in [0.5, 0.6) is 17.2 Å². The number of phenolic OH excluding ortho intramolecular Hbond substituents is 3. The van der Waals surface area contributed by atoms with Crippen molar-refractivity contribution in [1.82, 2.24) is 0 Å². The van der Waals surface area contributed by atoms with Crippen molar-refractivity contribution in [1.29, 1.82) is 0 Å². The second kappa shape index (κ2) is 8.14. The van der Waals surface area contributed by atoms with Crippen LogP contribution in [0.4, 0.5) is 17.1 Å². The first-order valence-electron chi connectivity index (χ1n) is 8.34. The molecule has 0 aliphatic rings. The third-order valence-electron chi connectivity index (χ3n) is 4.05. The van der Waals surface area contributed by atoms with Crippen molar-refractivity contribution in [2.75, 3.05) is 5.43 Å². The highest BCUT2D eigenvalue weighted by Gasteiger charge is 2.20. The van der Waals surface area contributed by atoms with Gasteiger partial charge in [0, 0.05) is 23.3 Å². The fourth-order valence-electron chi connectivity index (χ4n) is 2.62. The number of hydrogen-bond acceptors (Lipinski definition) is 9. The number of nitrogens with zero attached hydrogens (tertiary/aromatic N) is 3. The third kappa shape index (κ3) is 4.25. The van der Waals surface area contributed by atoms with E-state index in [0.717, 1.165) is 24.3 Å². The molecule has 30 heavy (non-hydrogen) atoms. The SMILES string of the molecule is O=[N+]([O-])c1ccc(NN=C(c2ccc(O)cc2)c2ccc(O)cc2O)c([N+](=O)[O-])c1. The number of anilines is 1. The summed E-state index contributed by atoms with van der Waals surface area (Å²) in [6, 6.07) is 12.6. The van der Waals surface area contributed by atoms with E-state index in [1.165, 1.54) is 36.4 Å². The van der Waals surface area contributed by atoms with Crippen LogP contribution in [-0.4, -0.2) is 30.9 Å². The summed E-state index contributed by atoms with van der Waals surface area (Å²) in [6.45, 7) is 0. The van der Waals surface area contributed by atoms with Crippen molar-refractivity contribution >= 4 is 22.8 Å². The van der Waals surface area contributed by atoms with E-state index in [1.807, 2.05) is 0 Å². The van der Waals surface area contributed by atoms with E-state index in [2.05, 4.69) is 10.5 Å². The fourth-order valence-corrected chi connectivity index (χ4v) is 2.62. The lowest BCUT2D eigenvalue weighted by atomic mass is 10.0. The topological polar surface area (TPSA) is 171 Å². The fraction of sp³-hybridized carbons (Fsp3) is 0. The molecule has 3 aromatic carbocycles. The molecule has 0 atom stereocenters. The number of nitrogens with one attached hydrogen (secondary N) is 1. The first kappa shape index (κ1) is 20.1. The van der Waals surface area contributed by atoms with Crippen LogP contribution in [0.3, 0.4) is 0 Å². The lowest BCUT2D eigenvalue weighted by Crippen LogP contribution is -2.08. The van der Waals surface area contributed by atoms with Crippen LogP contribution in [0.1, 0.15) is 11.1 Å². The number of hydrazone groups is 1. The largest absolute Gasteiger partial charge is 0.508 e. The molecule has 0 aliphatic heterocycles. The zero-order valence-electron chi connectivity index (χ0n) is 15.1. The van der Waals surface area contributed by atoms with Crippen molar-refractivity contribution < 1.29 is 25.2 Å². The first-order valence-corrected chi connectivity index (χ1v) is 8.34. The lowest BCUT2D eigenvalue weighted by Gasteiger charge is -2.11. The minimum absolute atomic E-state index is 0.00741. The van der Waals surface area contributed by atoms with E-state index in [-0.39, 0.29) is 34.2 Å². The van der Waals surface area contributed by atoms with E-state index in [9.17, 15) is 35.5 Å². The Kier molecular flexibility index (Phi) is 5.45. The molecule has 11 heteroatoms. The minimum atomic E-state index is -0.789. The third-order valence-corrected chi connectivity index (χ3v) is 4.05. The lowest BCUT2D eigenvalue weighted by molar-refractivity contribution is -0.393. The van der Waals surface area contributed by atoms with Gasteiger partial charge in [-0.2, -0.15) is 5.10 Å². The average Bonchev–Trinajstić information content (AvgIpc) is 2.70. The predicted molar refractivity (Wildman–Crippen MR) is 107 cm³/mol. The van der Waals surface area contributed by atoms with Crippen LogP contribution in [0.25, 0.3) is 0 Å². The summed E-state index contributed by atoms with van der Waals surface area (Å²) in [7, 11) is 0. The number of aromatic hydroxyl groups is 3. The molecule has 3 aromatic rings. The van der Waals surface area contributed by atoms with Crippen molar-refractivity contribution in [3.8, 4) is 17.2 Å². The highest BCUT2D eigenvalue weighted by atomic mass is 16.6. The maximum Gasteiger partial charge on any atom is 0.301 e. The van der Waals surface area contributed by atoms with Crippen molar-refractivity contribution in [3.63, 3.8) is 0 Å². The number of nitro groups is 2. The highest BCUT2D eigenvalue weighted by Crippen LogP contribution is 2.30. The summed E-state index contributed by atoms with van der Waals surface area (Å²) in [4.78, 5) is 20.6. The van der Waals surface area contributed by atoms with Gasteiger partial charge in [0.2, 0.25) is 0 Å². The Bertz CT molecular complexity index is 1160. The molecule has 0 unspecified atom stereocenters. The molecule has 0 spiro atoms. The number of hydrogen-bond donors (Lipinski definition) is 4. The van der Waals surface area contributed by atoms with Crippen LogP contribution in [-0.2, 0) is 0 Å². The van der Waals surface area contributed by atoms with Gasteiger partial charge in [-0.3, -0.25) is 25.7 Å². The summed E-state index contributed by atoms with van der Waals surface area (Å²) in [5, 5.41) is 55.6. The van der Waals surface area contributed by atoms with Gasteiger partial charge in [-0.05, 0) is 42.5 Å². The van der Waals surface area contributed by atoms with Gasteiger partial charge in [0.1, 0.15) is 28.6 Å². The van der Waals surface area contributed by atoms with Crippen molar-refractivity contribution in [2.24, 2.45) is 5.10 Å². The average molecular weight is 410 g/mol. The number of non-ortho nitro benzene ring substituents is 1. The van der Waals surface area contributed by atoms with Crippen molar-refractivity contribution in [3.05, 3.63) is 92.0 Å². The molecule has 11 nitrogen and oxygen atoms in total. The Morgan fingerprint density at radius 3 is 2.10 bits per heavy atom. The van der Waals surface area contributed by atoms with Crippen LogP contribution in [0, 0.1) is 20.2 Å². The van der Waals surface area contributed by atoms with Gasteiger partial charge in [-0.25, -0.2) is 0 Å². The van der Waals surface area contributed by atoms with E-state index in [0.29, 0.717) is 5.56 Å². The van der Waals surface area contributed by atoms with Gasteiger partial charge in [0.05, 0.1) is 15.9 Å². The molecule has 0 radical (unpaired) electrons. The smallest absolute Gasteiger partial charge is 0.301 e. The Hall–Kier alpha value is -4.67. The maximum absolute atomic E-state index is 11.3. The Morgan fingerprint density at radius 2 is 1.50 bits per heavy atom. The summed E-state index contributed by atoms with van der Waals surface area (Å²) < 4.78 is 0. The molecule has 0 saturated heterocycles. The molecule has 0 fully saturated rings. The number of rotatable bonds is 6. The normalized spacial score (nSPS) is 11.1. The van der Waals surface area contributed by atoms with Gasteiger partial charge in [-0.1, -0.05) is 0 Å². The summed E-state index contributed by atoms with van der Waals surface area (Å²) in [5.74, 6) is -0.492. The maximum atomic E-state index is 11.3. The monoisotopic (exact) mass is 410 g/mol. The molecule has 0 aromatic heterocycles. The van der Waals surface area contributed by atoms with E-state index >= 15 is 0 Å². The molecule has 0 amide bonds. The van der Waals surface area contributed by atoms with Crippen LogP contribution < -0.4 is 5.43 Å². The number of benzene rings is 3. The molecule has 0 saturated carbocycles. The van der Waals surface area contributed by atoms with Crippen LogP contribution in [0.15, 0.2) is 65.8 Å². The number of nitro benzene ring substituents is 2. The minimum Gasteiger partial charge on any atom is -0.508 e. The van der Waals surface area contributed by atoms with Crippen molar-refractivity contribution in [2.45, 2.75) is 0 Å². The molecule has 3 rings (SSSR count). The Balaban J connectivity index is 2.10. The molecular weight excluding hydrogens is 396 g/mol. The second-order valence-corrected chi connectivity index (χ2v) is 6.04. The van der Waals surface area contributed by atoms with Gasteiger partial charge in [-0.15, -0.1) is 0 Å².